The molecule has 0 heterocycles. The quantitative estimate of drug-likeness (QED) is 0.614. The van der Waals surface area contributed by atoms with Crippen LogP contribution in [0.2, 0.25) is 10.0 Å². The number of nitro groups is 1. The summed E-state index contributed by atoms with van der Waals surface area (Å²) < 4.78 is 10.1. The maximum Gasteiger partial charge on any atom is 0.314 e. The van der Waals surface area contributed by atoms with Crippen LogP contribution in [0.1, 0.15) is 0 Å². The maximum absolute atomic E-state index is 11.9. The van der Waals surface area contributed by atoms with E-state index in [0.717, 1.165) is 0 Å². The standard InChI is InChI=1S/C15H12Cl2N2O5/c1-23-10-3-5-14(13(7-10)19(21)22)24-8-15(20)18-12-4-2-9(16)6-11(12)17/h2-7H,8H2,1H3,(H,18,20). The van der Waals surface area contributed by atoms with E-state index in [-0.39, 0.29) is 16.5 Å². The molecule has 1 amide bonds. The summed E-state index contributed by atoms with van der Waals surface area (Å²) in [6.07, 6.45) is 0. The molecule has 0 unspecified atom stereocenters. The topological polar surface area (TPSA) is 90.7 Å². The molecule has 126 valence electrons. The average molecular weight is 371 g/mol. The van der Waals surface area contributed by atoms with Gasteiger partial charge in [-0.25, -0.2) is 0 Å². The van der Waals surface area contributed by atoms with Crippen molar-refractivity contribution in [3.8, 4) is 11.5 Å². The monoisotopic (exact) mass is 370 g/mol. The predicted octanol–water partition coefficient (Wildman–Crippen LogP) is 3.93. The van der Waals surface area contributed by atoms with Gasteiger partial charge >= 0.3 is 5.69 Å². The van der Waals surface area contributed by atoms with E-state index in [4.69, 9.17) is 32.7 Å². The van der Waals surface area contributed by atoms with Gasteiger partial charge in [-0.3, -0.25) is 14.9 Å². The van der Waals surface area contributed by atoms with E-state index >= 15 is 0 Å². The molecule has 2 aromatic rings. The van der Waals surface area contributed by atoms with Crippen LogP contribution in [-0.2, 0) is 4.79 Å². The van der Waals surface area contributed by atoms with Crippen molar-refractivity contribution in [3.05, 3.63) is 56.6 Å². The third-order valence-electron chi connectivity index (χ3n) is 2.93. The molecule has 0 bridgehead atoms. The Morgan fingerprint density at radius 2 is 2.00 bits per heavy atom. The Kier molecular flexibility index (Phi) is 5.83. The van der Waals surface area contributed by atoms with Crippen LogP contribution in [0.5, 0.6) is 11.5 Å². The van der Waals surface area contributed by atoms with Gasteiger partial charge in [-0.15, -0.1) is 0 Å². The number of amides is 1. The van der Waals surface area contributed by atoms with Gasteiger partial charge in [0.05, 0.1) is 28.8 Å². The molecule has 9 heteroatoms. The van der Waals surface area contributed by atoms with Crippen molar-refractivity contribution in [2.45, 2.75) is 0 Å². The first-order chi connectivity index (χ1) is 11.4. The number of carbonyl (C=O) groups excluding carboxylic acids is 1. The number of anilines is 1. The number of rotatable bonds is 6. The van der Waals surface area contributed by atoms with Gasteiger partial charge in [0, 0.05) is 5.02 Å². The zero-order valence-electron chi connectivity index (χ0n) is 12.4. The molecule has 0 aliphatic rings. The zero-order valence-corrected chi connectivity index (χ0v) is 13.9. The second-order valence-corrected chi connectivity index (χ2v) is 5.40. The molecule has 0 atom stereocenters. The Bertz CT molecular complexity index is 782. The van der Waals surface area contributed by atoms with E-state index < -0.39 is 17.4 Å². The van der Waals surface area contributed by atoms with Crippen molar-refractivity contribution in [3.63, 3.8) is 0 Å². The lowest BCUT2D eigenvalue weighted by Gasteiger charge is -2.10. The molecular weight excluding hydrogens is 359 g/mol. The van der Waals surface area contributed by atoms with Crippen LogP contribution >= 0.6 is 23.2 Å². The summed E-state index contributed by atoms with van der Waals surface area (Å²) in [5.41, 5.74) is 0.0607. The normalized spacial score (nSPS) is 10.1. The molecule has 0 fully saturated rings. The zero-order chi connectivity index (χ0) is 17.7. The van der Waals surface area contributed by atoms with Gasteiger partial charge in [-0.2, -0.15) is 0 Å². The van der Waals surface area contributed by atoms with Gasteiger partial charge in [0.1, 0.15) is 5.75 Å². The largest absolute Gasteiger partial charge is 0.496 e. The molecule has 0 radical (unpaired) electrons. The first kappa shape index (κ1) is 17.8. The molecule has 0 aromatic heterocycles. The number of nitrogens with one attached hydrogen (secondary N) is 1. The molecule has 24 heavy (non-hydrogen) atoms. The highest BCUT2D eigenvalue weighted by Crippen LogP contribution is 2.31. The van der Waals surface area contributed by atoms with Crippen molar-refractivity contribution < 1.29 is 19.2 Å². The number of hydrogen-bond donors (Lipinski definition) is 1. The highest BCUT2D eigenvalue weighted by molar-refractivity contribution is 6.36. The lowest BCUT2D eigenvalue weighted by Crippen LogP contribution is -2.20. The van der Waals surface area contributed by atoms with Gasteiger partial charge in [-0.1, -0.05) is 23.2 Å². The Morgan fingerprint density at radius 1 is 1.25 bits per heavy atom. The number of nitro benzene ring substituents is 1. The van der Waals surface area contributed by atoms with E-state index in [0.29, 0.717) is 16.5 Å². The highest BCUT2D eigenvalue weighted by atomic mass is 35.5. The fraction of sp³-hybridized carbons (Fsp3) is 0.133. The molecule has 7 nitrogen and oxygen atoms in total. The Hall–Kier alpha value is -2.51. The molecule has 0 aliphatic heterocycles. The lowest BCUT2D eigenvalue weighted by atomic mass is 10.3. The van der Waals surface area contributed by atoms with Crippen molar-refractivity contribution >= 4 is 40.5 Å². The van der Waals surface area contributed by atoms with Gasteiger partial charge in [-0.05, 0) is 30.3 Å². The fourth-order valence-electron chi connectivity index (χ4n) is 1.81. The summed E-state index contributed by atoms with van der Waals surface area (Å²) in [5.74, 6) is -0.256. The van der Waals surface area contributed by atoms with E-state index in [1.807, 2.05) is 0 Å². The smallest absolute Gasteiger partial charge is 0.314 e. The summed E-state index contributed by atoms with van der Waals surface area (Å²) in [7, 11) is 1.39. The number of hydrogen-bond acceptors (Lipinski definition) is 5. The van der Waals surface area contributed by atoms with Gasteiger partial charge in [0.25, 0.3) is 5.91 Å². The van der Waals surface area contributed by atoms with Crippen LogP contribution in [0.4, 0.5) is 11.4 Å². The number of methoxy groups -OCH3 is 1. The van der Waals surface area contributed by atoms with Gasteiger partial charge in [0.2, 0.25) is 0 Å². The summed E-state index contributed by atoms with van der Waals surface area (Å²) in [6, 6.07) is 8.66. The number of halogens is 2. The summed E-state index contributed by atoms with van der Waals surface area (Å²) in [4.78, 5) is 22.3. The van der Waals surface area contributed by atoms with Crippen LogP contribution < -0.4 is 14.8 Å². The molecule has 0 aliphatic carbocycles. The molecule has 2 aromatic carbocycles. The van der Waals surface area contributed by atoms with Gasteiger partial charge in [0.15, 0.2) is 12.4 Å². The summed E-state index contributed by atoms with van der Waals surface area (Å²) in [5, 5.41) is 14.3. The third kappa shape index (κ3) is 4.50. The van der Waals surface area contributed by atoms with E-state index in [1.54, 1.807) is 12.1 Å². The Labute approximate surface area is 147 Å². The summed E-state index contributed by atoms with van der Waals surface area (Å²) >= 11 is 11.7. The van der Waals surface area contributed by atoms with Crippen molar-refractivity contribution in [1.82, 2.24) is 0 Å². The minimum absolute atomic E-state index is 0.0434. The molecule has 0 saturated heterocycles. The average Bonchev–Trinajstić information content (AvgIpc) is 2.55. The minimum atomic E-state index is -0.619. The summed E-state index contributed by atoms with van der Waals surface area (Å²) in [6.45, 7) is -0.424. The number of benzene rings is 2. The van der Waals surface area contributed by atoms with Crippen LogP contribution in [0, 0.1) is 10.1 Å². The van der Waals surface area contributed by atoms with Crippen LogP contribution in [0.3, 0.4) is 0 Å². The highest BCUT2D eigenvalue weighted by Gasteiger charge is 2.18. The first-order valence-electron chi connectivity index (χ1n) is 6.61. The number of ether oxygens (including phenoxy) is 2. The van der Waals surface area contributed by atoms with Crippen LogP contribution in [0.25, 0.3) is 0 Å². The van der Waals surface area contributed by atoms with E-state index in [1.165, 1.54) is 31.4 Å². The van der Waals surface area contributed by atoms with E-state index in [2.05, 4.69) is 5.32 Å². The number of carbonyl (C=O) groups is 1. The van der Waals surface area contributed by atoms with Crippen LogP contribution in [0.15, 0.2) is 36.4 Å². The van der Waals surface area contributed by atoms with Crippen molar-refractivity contribution in [2.24, 2.45) is 0 Å². The molecule has 2 rings (SSSR count). The lowest BCUT2D eigenvalue weighted by molar-refractivity contribution is -0.385. The van der Waals surface area contributed by atoms with Crippen LogP contribution in [-0.4, -0.2) is 24.5 Å². The minimum Gasteiger partial charge on any atom is -0.496 e. The van der Waals surface area contributed by atoms with Crippen molar-refractivity contribution in [2.75, 3.05) is 19.0 Å². The Balaban J connectivity index is 2.05. The second-order valence-electron chi connectivity index (χ2n) is 4.55. The molecular formula is C15H12Cl2N2O5. The first-order valence-corrected chi connectivity index (χ1v) is 7.36. The SMILES string of the molecule is COc1ccc(OCC(=O)Nc2ccc(Cl)cc2Cl)c([N+](=O)[O-])c1. The molecule has 0 saturated carbocycles. The molecule has 0 spiro atoms. The third-order valence-corrected chi connectivity index (χ3v) is 3.47. The predicted molar refractivity (Wildman–Crippen MR) is 90.2 cm³/mol. The fourth-order valence-corrected chi connectivity index (χ4v) is 2.27. The van der Waals surface area contributed by atoms with E-state index in [9.17, 15) is 14.9 Å². The number of nitrogens with zero attached hydrogens (tertiary/aromatic N) is 1. The molecule has 1 N–H and O–H groups in total. The second kappa shape index (κ2) is 7.85. The van der Waals surface area contributed by atoms with Gasteiger partial charge < -0.3 is 14.8 Å². The maximum atomic E-state index is 11.9. The Morgan fingerprint density at radius 3 is 2.62 bits per heavy atom. The van der Waals surface area contributed by atoms with Crippen molar-refractivity contribution in [1.29, 1.82) is 0 Å².